The molecule has 25 heavy (non-hydrogen) atoms. The van der Waals surface area contributed by atoms with Crippen LogP contribution in [0.1, 0.15) is 45.2 Å². The van der Waals surface area contributed by atoms with Crippen LogP contribution < -0.4 is 10.6 Å². The second kappa shape index (κ2) is 6.97. The SMILES string of the molecule is CN(C)c1cccc([C@@H]2CCCN2C(=O)c2ccc(C(N)=O)cc2)c1. The van der Waals surface area contributed by atoms with Crippen LogP contribution in [0.2, 0.25) is 0 Å². The number of nitrogens with zero attached hydrogens (tertiary/aromatic N) is 2. The summed E-state index contributed by atoms with van der Waals surface area (Å²) in [5, 5.41) is 0. The fraction of sp³-hybridized carbons (Fsp3) is 0.300. The van der Waals surface area contributed by atoms with Crippen molar-refractivity contribution in [3.05, 3.63) is 65.2 Å². The van der Waals surface area contributed by atoms with Crippen molar-refractivity contribution in [2.24, 2.45) is 5.73 Å². The van der Waals surface area contributed by atoms with Gasteiger partial charge in [0.2, 0.25) is 5.91 Å². The van der Waals surface area contributed by atoms with E-state index in [9.17, 15) is 9.59 Å². The highest BCUT2D eigenvalue weighted by molar-refractivity contribution is 5.97. The third-order valence-electron chi connectivity index (χ3n) is 4.70. The van der Waals surface area contributed by atoms with Crippen molar-refractivity contribution in [3.63, 3.8) is 0 Å². The van der Waals surface area contributed by atoms with Crippen molar-refractivity contribution in [1.29, 1.82) is 0 Å². The van der Waals surface area contributed by atoms with Crippen LogP contribution in [0.25, 0.3) is 0 Å². The maximum atomic E-state index is 12.9. The molecule has 5 nitrogen and oxygen atoms in total. The molecule has 2 amide bonds. The molecule has 1 aliphatic heterocycles. The van der Waals surface area contributed by atoms with Gasteiger partial charge in [0.05, 0.1) is 6.04 Å². The van der Waals surface area contributed by atoms with Crippen LogP contribution in [0.3, 0.4) is 0 Å². The Hall–Kier alpha value is -2.82. The lowest BCUT2D eigenvalue weighted by atomic mass is 10.0. The fourth-order valence-electron chi connectivity index (χ4n) is 3.31. The van der Waals surface area contributed by atoms with Gasteiger partial charge in [-0.25, -0.2) is 0 Å². The van der Waals surface area contributed by atoms with Crippen molar-refractivity contribution in [2.75, 3.05) is 25.5 Å². The lowest BCUT2D eigenvalue weighted by molar-refractivity contribution is 0.0735. The molecule has 130 valence electrons. The number of nitrogens with two attached hydrogens (primary N) is 1. The molecule has 1 fully saturated rings. The largest absolute Gasteiger partial charge is 0.378 e. The molecule has 0 bridgehead atoms. The normalized spacial score (nSPS) is 16.7. The Labute approximate surface area is 148 Å². The van der Waals surface area contributed by atoms with Gasteiger partial charge < -0.3 is 15.5 Å². The van der Waals surface area contributed by atoms with Crippen LogP contribution in [-0.4, -0.2) is 37.4 Å². The van der Waals surface area contributed by atoms with Crippen LogP contribution in [0, 0.1) is 0 Å². The van der Waals surface area contributed by atoms with Crippen LogP contribution in [0.4, 0.5) is 5.69 Å². The predicted octanol–water partition coefficient (Wildman–Crippen LogP) is 2.83. The van der Waals surface area contributed by atoms with Crippen molar-refractivity contribution < 1.29 is 9.59 Å². The number of anilines is 1. The molecule has 1 saturated heterocycles. The second-order valence-corrected chi connectivity index (χ2v) is 6.59. The molecule has 1 atom stereocenters. The molecule has 2 N–H and O–H groups in total. The lowest BCUT2D eigenvalue weighted by Gasteiger charge is -2.26. The van der Waals surface area contributed by atoms with E-state index in [1.165, 1.54) is 0 Å². The van der Waals surface area contributed by atoms with Crippen molar-refractivity contribution in [3.8, 4) is 0 Å². The minimum Gasteiger partial charge on any atom is -0.378 e. The van der Waals surface area contributed by atoms with E-state index in [2.05, 4.69) is 23.1 Å². The van der Waals surface area contributed by atoms with Gasteiger partial charge in [-0.1, -0.05) is 12.1 Å². The van der Waals surface area contributed by atoms with E-state index in [0.717, 1.165) is 30.6 Å². The summed E-state index contributed by atoms with van der Waals surface area (Å²) in [4.78, 5) is 28.1. The average Bonchev–Trinajstić information content (AvgIpc) is 3.11. The molecule has 0 aliphatic carbocycles. The summed E-state index contributed by atoms with van der Waals surface area (Å²) in [5.74, 6) is -0.493. The van der Waals surface area contributed by atoms with Gasteiger partial charge >= 0.3 is 0 Å². The minimum atomic E-state index is -0.487. The smallest absolute Gasteiger partial charge is 0.254 e. The molecule has 3 rings (SSSR count). The summed E-state index contributed by atoms with van der Waals surface area (Å²) in [6.07, 6.45) is 1.95. The minimum absolute atomic E-state index is 0.00576. The Morgan fingerprint density at radius 3 is 2.40 bits per heavy atom. The highest BCUT2D eigenvalue weighted by Gasteiger charge is 2.30. The predicted molar refractivity (Wildman–Crippen MR) is 98.7 cm³/mol. The van der Waals surface area contributed by atoms with E-state index < -0.39 is 5.91 Å². The Morgan fingerprint density at radius 1 is 1.08 bits per heavy atom. The standard InChI is InChI=1S/C20H23N3O2/c1-22(2)17-6-3-5-16(13-17)18-7-4-12-23(18)20(25)15-10-8-14(9-11-15)19(21)24/h3,5-6,8-11,13,18H,4,7,12H2,1-2H3,(H2,21,24)/t18-/m0/s1. The number of likely N-dealkylation sites (tertiary alicyclic amines) is 1. The molecular weight excluding hydrogens is 314 g/mol. The third-order valence-corrected chi connectivity index (χ3v) is 4.70. The van der Waals surface area contributed by atoms with E-state index >= 15 is 0 Å². The van der Waals surface area contributed by atoms with E-state index in [-0.39, 0.29) is 11.9 Å². The summed E-state index contributed by atoms with van der Waals surface area (Å²) >= 11 is 0. The zero-order valence-electron chi connectivity index (χ0n) is 14.6. The maximum absolute atomic E-state index is 12.9. The highest BCUT2D eigenvalue weighted by Crippen LogP contribution is 2.34. The van der Waals surface area contributed by atoms with E-state index in [1.807, 2.05) is 25.1 Å². The van der Waals surface area contributed by atoms with Crippen molar-refractivity contribution in [1.82, 2.24) is 4.90 Å². The molecular formula is C20H23N3O2. The quantitative estimate of drug-likeness (QED) is 0.933. The van der Waals surface area contributed by atoms with Crippen LogP contribution in [-0.2, 0) is 0 Å². The fourth-order valence-corrected chi connectivity index (χ4v) is 3.31. The first-order valence-corrected chi connectivity index (χ1v) is 8.45. The van der Waals surface area contributed by atoms with Crippen molar-refractivity contribution in [2.45, 2.75) is 18.9 Å². The van der Waals surface area contributed by atoms with Gasteiger partial charge in [-0.05, 0) is 54.8 Å². The molecule has 0 saturated carbocycles. The van der Waals surface area contributed by atoms with Crippen molar-refractivity contribution >= 4 is 17.5 Å². The number of amides is 2. The van der Waals surface area contributed by atoms with E-state index in [1.54, 1.807) is 24.3 Å². The first-order chi connectivity index (χ1) is 12.0. The van der Waals surface area contributed by atoms with Crippen LogP contribution >= 0.6 is 0 Å². The molecule has 0 spiro atoms. The Morgan fingerprint density at radius 2 is 1.76 bits per heavy atom. The molecule has 5 heteroatoms. The Balaban J connectivity index is 1.84. The lowest BCUT2D eigenvalue weighted by Crippen LogP contribution is -2.30. The second-order valence-electron chi connectivity index (χ2n) is 6.59. The molecule has 0 unspecified atom stereocenters. The van der Waals surface area contributed by atoms with Gasteiger partial charge in [0, 0.05) is 37.5 Å². The topological polar surface area (TPSA) is 66.6 Å². The number of benzene rings is 2. The first-order valence-electron chi connectivity index (χ1n) is 8.45. The van der Waals surface area contributed by atoms with Gasteiger partial charge in [0.25, 0.3) is 5.91 Å². The van der Waals surface area contributed by atoms with Crippen LogP contribution in [0.5, 0.6) is 0 Å². The van der Waals surface area contributed by atoms with E-state index in [4.69, 9.17) is 5.73 Å². The summed E-state index contributed by atoms with van der Waals surface area (Å²) in [5.41, 5.74) is 8.54. The summed E-state index contributed by atoms with van der Waals surface area (Å²) in [6.45, 7) is 0.743. The average molecular weight is 337 g/mol. The molecule has 1 aliphatic rings. The van der Waals surface area contributed by atoms with Gasteiger partial charge in [0.1, 0.15) is 0 Å². The van der Waals surface area contributed by atoms with Gasteiger partial charge in [-0.2, -0.15) is 0 Å². The number of primary amides is 1. The molecule has 0 radical (unpaired) electrons. The van der Waals surface area contributed by atoms with Gasteiger partial charge in [0.15, 0.2) is 0 Å². The van der Waals surface area contributed by atoms with E-state index in [0.29, 0.717) is 11.1 Å². The van der Waals surface area contributed by atoms with Gasteiger partial charge in [-0.3, -0.25) is 9.59 Å². The number of hydrogen-bond donors (Lipinski definition) is 1. The highest BCUT2D eigenvalue weighted by atomic mass is 16.2. The first kappa shape index (κ1) is 17.0. The Bertz CT molecular complexity index is 784. The monoisotopic (exact) mass is 337 g/mol. The summed E-state index contributed by atoms with van der Waals surface area (Å²) in [7, 11) is 4.02. The number of carbonyl (C=O) groups is 2. The molecule has 1 heterocycles. The maximum Gasteiger partial charge on any atom is 0.254 e. The molecule has 2 aromatic carbocycles. The molecule has 0 aromatic heterocycles. The number of hydrogen-bond acceptors (Lipinski definition) is 3. The summed E-state index contributed by atoms with van der Waals surface area (Å²) < 4.78 is 0. The number of rotatable bonds is 4. The molecule has 2 aromatic rings. The zero-order chi connectivity index (χ0) is 18.0. The number of carbonyl (C=O) groups excluding carboxylic acids is 2. The zero-order valence-corrected chi connectivity index (χ0v) is 14.6. The third kappa shape index (κ3) is 3.50. The van der Waals surface area contributed by atoms with Crippen LogP contribution in [0.15, 0.2) is 48.5 Å². The Kier molecular flexibility index (Phi) is 4.74. The summed E-state index contributed by atoms with van der Waals surface area (Å²) in [6, 6.07) is 15.0. The van der Waals surface area contributed by atoms with Gasteiger partial charge in [-0.15, -0.1) is 0 Å².